The zero-order valence-corrected chi connectivity index (χ0v) is 9.87. The van der Waals surface area contributed by atoms with Crippen molar-refractivity contribution in [3.8, 4) is 0 Å². The Morgan fingerprint density at radius 2 is 2.29 bits per heavy atom. The van der Waals surface area contributed by atoms with E-state index >= 15 is 0 Å². The quantitative estimate of drug-likeness (QED) is 0.822. The number of amides is 1. The Hall–Kier alpha value is -1.42. The first-order valence-corrected chi connectivity index (χ1v) is 5.94. The molecule has 1 fully saturated rings. The molecule has 1 saturated carbocycles. The van der Waals surface area contributed by atoms with Crippen molar-refractivity contribution >= 4 is 11.6 Å². The van der Waals surface area contributed by atoms with E-state index in [1.54, 1.807) is 12.1 Å². The third-order valence-corrected chi connectivity index (χ3v) is 3.02. The minimum atomic E-state index is -0.345. The maximum absolute atomic E-state index is 12.9. The molecule has 2 rings (SSSR count). The Bertz CT molecular complexity index is 404. The Morgan fingerprint density at radius 3 is 2.94 bits per heavy atom. The van der Waals surface area contributed by atoms with E-state index < -0.39 is 0 Å². The molecule has 0 aromatic heterocycles. The molecule has 1 aromatic rings. The van der Waals surface area contributed by atoms with Gasteiger partial charge < -0.3 is 10.6 Å². The van der Waals surface area contributed by atoms with Crippen LogP contribution in [0.25, 0.3) is 0 Å². The van der Waals surface area contributed by atoms with Gasteiger partial charge in [0.1, 0.15) is 5.82 Å². The minimum Gasteiger partial charge on any atom is -0.325 e. The van der Waals surface area contributed by atoms with Crippen molar-refractivity contribution in [1.82, 2.24) is 5.32 Å². The molecule has 2 N–H and O–H groups in total. The highest BCUT2D eigenvalue weighted by atomic mass is 19.1. The summed E-state index contributed by atoms with van der Waals surface area (Å²) in [6, 6.07) is 6.29. The second-order valence-corrected chi connectivity index (χ2v) is 4.57. The minimum absolute atomic E-state index is 0.136. The second-order valence-electron chi connectivity index (χ2n) is 4.57. The normalized spacial score (nSPS) is 16.6. The van der Waals surface area contributed by atoms with Gasteiger partial charge in [0.15, 0.2) is 0 Å². The highest BCUT2D eigenvalue weighted by Gasteiger charge is 2.27. The number of anilines is 1. The summed E-state index contributed by atoms with van der Waals surface area (Å²) >= 11 is 0. The summed E-state index contributed by atoms with van der Waals surface area (Å²) in [6.45, 7) is 2.36. The Balaban J connectivity index is 1.76. The van der Waals surface area contributed by atoms with Gasteiger partial charge in [-0.25, -0.2) is 4.39 Å². The molecule has 1 aliphatic rings. The second kappa shape index (κ2) is 5.27. The largest absolute Gasteiger partial charge is 0.325 e. The van der Waals surface area contributed by atoms with Crippen molar-refractivity contribution in [2.45, 2.75) is 25.8 Å². The van der Waals surface area contributed by atoms with Gasteiger partial charge in [0.25, 0.3) is 0 Å². The molecule has 0 radical (unpaired) electrons. The average Bonchev–Trinajstić information content (AvgIpc) is 3.09. The molecular weight excluding hydrogens is 219 g/mol. The molecule has 1 atom stereocenters. The summed E-state index contributed by atoms with van der Waals surface area (Å²) in [5.41, 5.74) is 0.496. The topological polar surface area (TPSA) is 41.1 Å². The van der Waals surface area contributed by atoms with Gasteiger partial charge >= 0.3 is 0 Å². The summed E-state index contributed by atoms with van der Waals surface area (Å²) < 4.78 is 12.9. The standard InChI is InChI=1S/C13H17FN2O/c1-9(10-5-6-10)15-8-13(17)16-12-4-2-3-11(14)7-12/h2-4,7,9-10,15H,5-6,8H2,1H3,(H,16,17). The van der Waals surface area contributed by atoms with Crippen molar-refractivity contribution < 1.29 is 9.18 Å². The van der Waals surface area contributed by atoms with Gasteiger partial charge in [0.05, 0.1) is 6.54 Å². The molecule has 0 aliphatic heterocycles. The van der Waals surface area contributed by atoms with Crippen molar-refractivity contribution in [2.24, 2.45) is 5.92 Å². The summed E-state index contributed by atoms with van der Waals surface area (Å²) in [5, 5.41) is 5.83. The zero-order valence-electron chi connectivity index (χ0n) is 9.87. The van der Waals surface area contributed by atoms with Gasteiger partial charge in [-0.2, -0.15) is 0 Å². The number of carbonyl (C=O) groups is 1. The number of carbonyl (C=O) groups excluding carboxylic acids is 1. The number of hydrogen-bond donors (Lipinski definition) is 2. The fourth-order valence-corrected chi connectivity index (χ4v) is 1.79. The van der Waals surface area contributed by atoms with Crippen molar-refractivity contribution in [3.05, 3.63) is 30.1 Å². The molecule has 0 bridgehead atoms. The van der Waals surface area contributed by atoms with E-state index in [0.29, 0.717) is 11.7 Å². The highest BCUT2D eigenvalue weighted by molar-refractivity contribution is 5.92. The Morgan fingerprint density at radius 1 is 1.53 bits per heavy atom. The third-order valence-electron chi connectivity index (χ3n) is 3.02. The van der Waals surface area contributed by atoms with Crippen LogP contribution in [0, 0.1) is 11.7 Å². The molecular formula is C13H17FN2O. The number of hydrogen-bond acceptors (Lipinski definition) is 2. The molecule has 92 valence electrons. The SMILES string of the molecule is CC(NCC(=O)Nc1cccc(F)c1)C1CC1. The predicted molar refractivity (Wildman–Crippen MR) is 65.2 cm³/mol. The van der Waals surface area contributed by atoms with Crippen LogP contribution in [0.4, 0.5) is 10.1 Å². The number of halogens is 1. The van der Waals surface area contributed by atoms with Crippen molar-refractivity contribution in [1.29, 1.82) is 0 Å². The lowest BCUT2D eigenvalue weighted by Crippen LogP contribution is -2.35. The highest BCUT2D eigenvalue weighted by Crippen LogP contribution is 2.32. The van der Waals surface area contributed by atoms with Crippen LogP contribution in [0.5, 0.6) is 0 Å². The Labute approximate surface area is 100 Å². The molecule has 1 aromatic carbocycles. The maximum atomic E-state index is 12.9. The predicted octanol–water partition coefficient (Wildman–Crippen LogP) is 2.15. The molecule has 1 unspecified atom stereocenters. The summed E-state index contributed by atoms with van der Waals surface area (Å²) in [5.74, 6) is 0.238. The van der Waals surface area contributed by atoms with E-state index in [0.717, 1.165) is 5.92 Å². The van der Waals surface area contributed by atoms with E-state index in [2.05, 4.69) is 17.6 Å². The number of nitrogens with one attached hydrogen (secondary N) is 2. The fraction of sp³-hybridized carbons (Fsp3) is 0.462. The van der Waals surface area contributed by atoms with Gasteiger partial charge in [-0.15, -0.1) is 0 Å². The lowest BCUT2D eigenvalue weighted by Gasteiger charge is -2.12. The van der Waals surface area contributed by atoms with Crippen LogP contribution in [-0.2, 0) is 4.79 Å². The maximum Gasteiger partial charge on any atom is 0.238 e. The Kier molecular flexibility index (Phi) is 3.74. The number of benzene rings is 1. The van der Waals surface area contributed by atoms with E-state index in [-0.39, 0.29) is 18.3 Å². The van der Waals surface area contributed by atoms with Crippen molar-refractivity contribution in [2.75, 3.05) is 11.9 Å². The van der Waals surface area contributed by atoms with Crippen LogP contribution in [0.2, 0.25) is 0 Å². The first-order chi connectivity index (χ1) is 8.15. The number of rotatable bonds is 5. The fourth-order valence-electron chi connectivity index (χ4n) is 1.79. The van der Waals surface area contributed by atoms with Gasteiger partial charge in [0, 0.05) is 11.7 Å². The lowest BCUT2D eigenvalue weighted by atomic mass is 10.2. The van der Waals surface area contributed by atoms with Crippen LogP contribution in [0.3, 0.4) is 0 Å². The molecule has 0 saturated heterocycles. The lowest BCUT2D eigenvalue weighted by molar-refractivity contribution is -0.115. The first-order valence-electron chi connectivity index (χ1n) is 5.94. The monoisotopic (exact) mass is 236 g/mol. The average molecular weight is 236 g/mol. The third kappa shape index (κ3) is 3.82. The summed E-state index contributed by atoms with van der Waals surface area (Å²) in [4.78, 5) is 11.6. The molecule has 3 nitrogen and oxygen atoms in total. The van der Waals surface area contributed by atoms with Crippen molar-refractivity contribution in [3.63, 3.8) is 0 Å². The van der Waals surface area contributed by atoms with Gasteiger partial charge in [0.2, 0.25) is 5.91 Å². The van der Waals surface area contributed by atoms with Crippen LogP contribution < -0.4 is 10.6 Å². The van der Waals surface area contributed by atoms with Crippen LogP contribution in [0.1, 0.15) is 19.8 Å². The van der Waals surface area contributed by atoms with E-state index in [9.17, 15) is 9.18 Å². The van der Waals surface area contributed by atoms with Gasteiger partial charge in [-0.1, -0.05) is 6.07 Å². The van der Waals surface area contributed by atoms with E-state index in [1.165, 1.54) is 25.0 Å². The zero-order chi connectivity index (χ0) is 12.3. The van der Waals surface area contributed by atoms with E-state index in [4.69, 9.17) is 0 Å². The van der Waals surface area contributed by atoms with E-state index in [1.807, 2.05) is 0 Å². The van der Waals surface area contributed by atoms with Gasteiger partial charge in [-0.05, 0) is 43.9 Å². The summed E-state index contributed by atoms with van der Waals surface area (Å²) in [7, 11) is 0. The molecule has 1 amide bonds. The van der Waals surface area contributed by atoms with Gasteiger partial charge in [-0.3, -0.25) is 4.79 Å². The smallest absolute Gasteiger partial charge is 0.238 e. The molecule has 4 heteroatoms. The summed E-state index contributed by atoms with van der Waals surface area (Å²) in [6.07, 6.45) is 2.50. The molecule has 1 aliphatic carbocycles. The molecule has 0 heterocycles. The van der Waals surface area contributed by atoms with Crippen LogP contribution >= 0.6 is 0 Å². The first kappa shape index (κ1) is 12.0. The molecule has 0 spiro atoms. The van der Waals surface area contributed by atoms with Crippen LogP contribution in [0.15, 0.2) is 24.3 Å². The van der Waals surface area contributed by atoms with Crippen LogP contribution in [-0.4, -0.2) is 18.5 Å². The molecule has 17 heavy (non-hydrogen) atoms.